The van der Waals surface area contributed by atoms with Crippen LogP contribution in [0.25, 0.3) is 11.3 Å². The number of rotatable bonds is 8. The zero-order chi connectivity index (χ0) is 19.2. The minimum Gasteiger partial charge on any atom is -0.496 e. The number of ether oxygens (including phenoxy) is 2. The standard InChI is InChI=1S/C20H19NO5S/c1-13-7-9-19(27-13)17(22)8-10-20(23)25-12-14-11-16(21-26-14)15-5-3-4-6-18(15)24-2/h3-7,9,11H,8,10,12H2,1-2H3. The third-order valence-corrected chi connectivity index (χ3v) is 4.93. The van der Waals surface area contributed by atoms with Gasteiger partial charge >= 0.3 is 5.97 Å². The predicted molar refractivity (Wildman–Crippen MR) is 101 cm³/mol. The first-order valence-corrected chi connectivity index (χ1v) is 9.22. The van der Waals surface area contributed by atoms with Gasteiger partial charge in [-0.3, -0.25) is 9.59 Å². The van der Waals surface area contributed by atoms with Crippen LogP contribution in [0, 0.1) is 6.92 Å². The van der Waals surface area contributed by atoms with Crippen molar-refractivity contribution in [2.24, 2.45) is 0 Å². The van der Waals surface area contributed by atoms with Gasteiger partial charge in [-0.25, -0.2) is 0 Å². The molecule has 0 amide bonds. The highest BCUT2D eigenvalue weighted by Crippen LogP contribution is 2.29. The van der Waals surface area contributed by atoms with Gasteiger partial charge < -0.3 is 14.0 Å². The van der Waals surface area contributed by atoms with Gasteiger partial charge in [0.15, 0.2) is 18.2 Å². The second kappa shape index (κ2) is 8.64. The molecule has 3 aromatic rings. The molecule has 140 valence electrons. The molecule has 3 rings (SSSR count). The Labute approximate surface area is 160 Å². The van der Waals surface area contributed by atoms with Gasteiger partial charge in [-0.05, 0) is 31.2 Å². The molecule has 0 atom stereocenters. The molecule has 0 N–H and O–H groups in total. The van der Waals surface area contributed by atoms with Crippen LogP contribution in [0.15, 0.2) is 47.0 Å². The number of thiophene rings is 1. The first kappa shape index (κ1) is 18.8. The monoisotopic (exact) mass is 385 g/mol. The van der Waals surface area contributed by atoms with E-state index < -0.39 is 5.97 Å². The maximum absolute atomic E-state index is 12.0. The number of benzene rings is 1. The van der Waals surface area contributed by atoms with Gasteiger partial charge in [-0.1, -0.05) is 17.3 Å². The minimum atomic E-state index is -0.452. The van der Waals surface area contributed by atoms with Crippen molar-refractivity contribution in [3.8, 4) is 17.0 Å². The third-order valence-electron chi connectivity index (χ3n) is 3.89. The molecule has 6 nitrogen and oxygen atoms in total. The fraction of sp³-hybridized carbons (Fsp3) is 0.250. The number of aromatic nitrogens is 1. The molecule has 0 spiro atoms. The Hall–Kier alpha value is -2.93. The SMILES string of the molecule is COc1ccccc1-c1cc(COC(=O)CCC(=O)c2ccc(C)s2)on1. The molecular weight excluding hydrogens is 366 g/mol. The van der Waals surface area contributed by atoms with E-state index in [0.717, 1.165) is 10.4 Å². The largest absolute Gasteiger partial charge is 0.496 e. The van der Waals surface area contributed by atoms with E-state index in [4.69, 9.17) is 14.0 Å². The number of ketones is 1. The van der Waals surface area contributed by atoms with Crippen LogP contribution in [0.4, 0.5) is 0 Å². The quantitative estimate of drug-likeness (QED) is 0.422. The van der Waals surface area contributed by atoms with E-state index >= 15 is 0 Å². The van der Waals surface area contributed by atoms with Crippen LogP contribution in [0.1, 0.15) is 33.2 Å². The number of Topliss-reactive ketones (excluding diaryl/α,β-unsaturated/α-hetero) is 1. The van der Waals surface area contributed by atoms with Crippen LogP contribution in [0.2, 0.25) is 0 Å². The molecule has 0 saturated heterocycles. The molecule has 0 aliphatic rings. The molecule has 27 heavy (non-hydrogen) atoms. The summed E-state index contributed by atoms with van der Waals surface area (Å²) in [7, 11) is 1.58. The predicted octanol–water partition coefficient (Wildman–Crippen LogP) is 4.43. The van der Waals surface area contributed by atoms with Crippen LogP contribution in [0.5, 0.6) is 5.75 Å². The Kier molecular flexibility index (Phi) is 6.03. The second-order valence-corrected chi connectivity index (χ2v) is 7.16. The molecule has 0 aliphatic carbocycles. The number of nitrogens with zero attached hydrogens (tertiary/aromatic N) is 1. The van der Waals surface area contributed by atoms with Gasteiger partial charge in [0.1, 0.15) is 11.4 Å². The first-order chi connectivity index (χ1) is 13.1. The lowest BCUT2D eigenvalue weighted by molar-refractivity contribution is -0.145. The number of hydrogen-bond donors (Lipinski definition) is 0. The number of para-hydroxylation sites is 1. The summed E-state index contributed by atoms with van der Waals surface area (Å²) >= 11 is 1.43. The van der Waals surface area contributed by atoms with Crippen LogP contribution < -0.4 is 4.74 Å². The topological polar surface area (TPSA) is 78.6 Å². The molecule has 0 unspecified atom stereocenters. The van der Waals surface area contributed by atoms with Crippen molar-refractivity contribution >= 4 is 23.1 Å². The maximum Gasteiger partial charge on any atom is 0.306 e. The molecule has 0 radical (unpaired) electrons. The van der Waals surface area contributed by atoms with Gasteiger partial charge in [-0.2, -0.15) is 0 Å². The van der Waals surface area contributed by atoms with Crippen molar-refractivity contribution in [1.82, 2.24) is 5.16 Å². The molecular formula is C20H19NO5S. The number of carbonyl (C=O) groups excluding carboxylic acids is 2. The highest BCUT2D eigenvalue weighted by molar-refractivity contribution is 7.14. The lowest BCUT2D eigenvalue weighted by Crippen LogP contribution is -2.07. The summed E-state index contributed by atoms with van der Waals surface area (Å²) in [4.78, 5) is 25.6. The smallest absolute Gasteiger partial charge is 0.306 e. The van der Waals surface area contributed by atoms with E-state index in [-0.39, 0.29) is 25.2 Å². The maximum atomic E-state index is 12.0. The normalized spacial score (nSPS) is 10.6. The van der Waals surface area contributed by atoms with Crippen molar-refractivity contribution in [3.05, 3.63) is 58.0 Å². The van der Waals surface area contributed by atoms with E-state index in [9.17, 15) is 9.59 Å². The number of methoxy groups -OCH3 is 1. The van der Waals surface area contributed by atoms with Crippen molar-refractivity contribution in [2.75, 3.05) is 7.11 Å². The highest BCUT2D eigenvalue weighted by atomic mass is 32.1. The molecule has 0 aliphatic heterocycles. The van der Waals surface area contributed by atoms with Crippen LogP contribution >= 0.6 is 11.3 Å². The summed E-state index contributed by atoms with van der Waals surface area (Å²) in [5, 5.41) is 3.99. The summed E-state index contributed by atoms with van der Waals surface area (Å²) in [6, 6.07) is 12.8. The average Bonchev–Trinajstić information content (AvgIpc) is 3.33. The molecule has 1 aromatic carbocycles. The van der Waals surface area contributed by atoms with Crippen LogP contribution in [-0.4, -0.2) is 24.0 Å². The van der Waals surface area contributed by atoms with Gasteiger partial charge in [0.25, 0.3) is 0 Å². The Morgan fingerprint density at radius 2 is 1.96 bits per heavy atom. The van der Waals surface area contributed by atoms with E-state index in [2.05, 4.69) is 5.16 Å². The van der Waals surface area contributed by atoms with Gasteiger partial charge in [-0.15, -0.1) is 11.3 Å². The molecule has 0 fully saturated rings. The van der Waals surface area contributed by atoms with Crippen molar-refractivity contribution < 1.29 is 23.6 Å². The van der Waals surface area contributed by atoms with Crippen LogP contribution in [0.3, 0.4) is 0 Å². The number of aryl methyl sites for hydroxylation is 1. The fourth-order valence-corrected chi connectivity index (χ4v) is 3.35. The summed E-state index contributed by atoms with van der Waals surface area (Å²) in [6.07, 6.45) is 0.158. The molecule has 7 heteroatoms. The zero-order valence-corrected chi connectivity index (χ0v) is 15.9. The van der Waals surface area contributed by atoms with Gasteiger partial charge in [0, 0.05) is 22.9 Å². The lowest BCUT2D eigenvalue weighted by atomic mass is 10.1. The van der Waals surface area contributed by atoms with E-state index in [1.807, 2.05) is 37.3 Å². The summed E-state index contributed by atoms with van der Waals surface area (Å²) < 4.78 is 15.7. The molecule has 2 aromatic heterocycles. The Morgan fingerprint density at radius 1 is 1.15 bits per heavy atom. The minimum absolute atomic E-state index is 0.0310. The Morgan fingerprint density at radius 3 is 2.70 bits per heavy atom. The number of hydrogen-bond acceptors (Lipinski definition) is 7. The number of esters is 1. The molecule has 0 saturated carbocycles. The van der Waals surface area contributed by atoms with Crippen molar-refractivity contribution in [1.29, 1.82) is 0 Å². The third kappa shape index (κ3) is 4.83. The molecule has 2 heterocycles. The Balaban J connectivity index is 1.51. The van der Waals surface area contributed by atoms with Crippen LogP contribution in [-0.2, 0) is 16.1 Å². The van der Waals surface area contributed by atoms with Gasteiger partial charge in [0.2, 0.25) is 0 Å². The lowest BCUT2D eigenvalue weighted by Gasteiger charge is -2.03. The number of carbonyl (C=O) groups is 2. The zero-order valence-electron chi connectivity index (χ0n) is 15.1. The highest BCUT2D eigenvalue weighted by Gasteiger charge is 2.14. The first-order valence-electron chi connectivity index (χ1n) is 8.41. The Bertz CT molecular complexity index is 943. The van der Waals surface area contributed by atoms with Crippen molar-refractivity contribution in [3.63, 3.8) is 0 Å². The van der Waals surface area contributed by atoms with E-state index in [0.29, 0.717) is 22.1 Å². The summed E-state index contributed by atoms with van der Waals surface area (Å²) in [5.74, 6) is 0.594. The molecule has 0 bridgehead atoms. The van der Waals surface area contributed by atoms with E-state index in [1.54, 1.807) is 19.2 Å². The summed E-state index contributed by atoms with van der Waals surface area (Å²) in [6.45, 7) is 1.90. The van der Waals surface area contributed by atoms with Crippen molar-refractivity contribution in [2.45, 2.75) is 26.4 Å². The average molecular weight is 385 g/mol. The van der Waals surface area contributed by atoms with Gasteiger partial charge in [0.05, 0.1) is 18.4 Å². The van der Waals surface area contributed by atoms with E-state index in [1.165, 1.54) is 11.3 Å². The summed E-state index contributed by atoms with van der Waals surface area (Å²) in [5.41, 5.74) is 1.39. The second-order valence-electron chi connectivity index (χ2n) is 5.87. The fourth-order valence-electron chi connectivity index (χ4n) is 2.51.